The number of rotatable bonds is 6. The van der Waals surface area contributed by atoms with Crippen molar-refractivity contribution in [3.8, 4) is 16.8 Å². The van der Waals surface area contributed by atoms with Crippen LogP contribution in [0.3, 0.4) is 0 Å². The Labute approximate surface area is 192 Å². The Kier molecular flexibility index (Phi) is 6.13. The van der Waals surface area contributed by atoms with Gasteiger partial charge >= 0.3 is 0 Å². The number of benzene rings is 2. The molecule has 0 atom stereocenters. The number of aromatic nitrogens is 2. The van der Waals surface area contributed by atoms with Crippen LogP contribution in [0.5, 0.6) is 0 Å². The fourth-order valence-electron chi connectivity index (χ4n) is 3.74. The number of carbonyl (C=O) groups excluding carboxylic acids is 2. The van der Waals surface area contributed by atoms with Gasteiger partial charge in [-0.15, -0.1) is 0 Å². The van der Waals surface area contributed by atoms with Crippen LogP contribution < -0.4 is 5.32 Å². The van der Waals surface area contributed by atoms with E-state index in [1.54, 1.807) is 41.1 Å². The van der Waals surface area contributed by atoms with Gasteiger partial charge in [-0.25, -0.2) is 4.68 Å². The van der Waals surface area contributed by atoms with Crippen LogP contribution in [0.15, 0.2) is 71.3 Å². The van der Waals surface area contributed by atoms with Gasteiger partial charge in [0.25, 0.3) is 5.91 Å². The molecular formula is C26H26N4O3. The van der Waals surface area contributed by atoms with E-state index in [1.807, 2.05) is 56.3 Å². The molecule has 2 amide bonds. The van der Waals surface area contributed by atoms with Crippen LogP contribution >= 0.6 is 0 Å². The van der Waals surface area contributed by atoms with E-state index >= 15 is 0 Å². The molecule has 7 nitrogen and oxygen atoms in total. The highest BCUT2D eigenvalue weighted by atomic mass is 16.3. The van der Waals surface area contributed by atoms with Crippen molar-refractivity contribution in [2.75, 3.05) is 12.4 Å². The zero-order valence-corrected chi connectivity index (χ0v) is 19.1. The molecule has 0 aliphatic heterocycles. The van der Waals surface area contributed by atoms with Crippen molar-refractivity contribution in [1.82, 2.24) is 14.7 Å². The summed E-state index contributed by atoms with van der Waals surface area (Å²) >= 11 is 0. The van der Waals surface area contributed by atoms with Gasteiger partial charge in [-0.2, -0.15) is 5.10 Å². The Hall–Kier alpha value is -4.13. The van der Waals surface area contributed by atoms with Gasteiger partial charge in [-0.3, -0.25) is 9.59 Å². The Morgan fingerprint density at radius 3 is 2.33 bits per heavy atom. The number of hydrogen-bond donors (Lipinski definition) is 1. The summed E-state index contributed by atoms with van der Waals surface area (Å²) in [6, 6.07) is 18.9. The summed E-state index contributed by atoms with van der Waals surface area (Å²) in [6.45, 7) is 5.81. The highest BCUT2D eigenvalue weighted by Gasteiger charge is 2.20. The molecule has 0 aliphatic rings. The molecule has 0 saturated carbocycles. The normalized spacial score (nSPS) is 10.8. The molecule has 7 heteroatoms. The van der Waals surface area contributed by atoms with Crippen molar-refractivity contribution >= 4 is 17.6 Å². The van der Waals surface area contributed by atoms with E-state index in [-0.39, 0.29) is 11.8 Å². The highest BCUT2D eigenvalue weighted by Crippen LogP contribution is 2.33. The Bertz CT molecular complexity index is 1270. The van der Waals surface area contributed by atoms with Crippen molar-refractivity contribution in [2.45, 2.75) is 27.3 Å². The number of nitrogens with one attached hydrogen (secondary N) is 1. The predicted octanol–water partition coefficient (Wildman–Crippen LogP) is 4.98. The Morgan fingerprint density at radius 1 is 1.03 bits per heavy atom. The lowest BCUT2D eigenvalue weighted by atomic mass is 10.0. The summed E-state index contributed by atoms with van der Waals surface area (Å²) in [7, 11) is 1.73. The van der Waals surface area contributed by atoms with E-state index in [0.29, 0.717) is 17.9 Å². The van der Waals surface area contributed by atoms with E-state index in [1.165, 1.54) is 6.92 Å². The molecule has 0 aliphatic carbocycles. The third-order valence-corrected chi connectivity index (χ3v) is 5.37. The molecule has 2 aromatic carbocycles. The number of anilines is 1. The lowest BCUT2D eigenvalue weighted by molar-refractivity contribution is -0.114. The maximum Gasteiger partial charge on any atom is 0.254 e. The monoisotopic (exact) mass is 442 g/mol. The minimum Gasteiger partial charge on any atom is -0.467 e. The molecule has 1 N–H and O–H groups in total. The minimum atomic E-state index is -0.184. The summed E-state index contributed by atoms with van der Waals surface area (Å²) < 4.78 is 7.03. The minimum absolute atomic E-state index is 0.114. The summed E-state index contributed by atoms with van der Waals surface area (Å²) in [6.07, 6.45) is 1.59. The van der Waals surface area contributed by atoms with Crippen molar-refractivity contribution in [1.29, 1.82) is 0 Å². The van der Waals surface area contributed by atoms with Crippen molar-refractivity contribution in [2.24, 2.45) is 0 Å². The molecular weight excluding hydrogens is 416 g/mol. The summed E-state index contributed by atoms with van der Waals surface area (Å²) in [4.78, 5) is 26.4. The van der Waals surface area contributed by atoms with Crippen LogP contribution in [0.1, 0.15) is 34.3 Å². The second-order valence-electron chi connectivity index (χ2n) is 8.06. The van der Waals surface area contributed by atoms with Crippen molar-refractivity contribution < 1.29 is 14.0 Å². The lowest BCUT2D eigenvalue weighted by Gasteiger charge is -2.16. The van der Waals surface area contributed by atoms with Gasteiger partial charge in [0.15, 0.2) is 0 Å². The maximum atomic E-state index is 12.8. The first-order valence-corrected chi connectivity index (χ1v) is 10.7. The van der Waals surface area contributed by atoms with Crippen LogP contribution in [0.2, 0.25) is 0 Å². The summed E-state index contributed by atoms with van der Waals surface area (Å²) in [5, 5.41) is 7.62. The first-order chi connectivity index (χ1) is 15.8. The van der Waals surface area contributed by atoms with Crippen molar-refractivity contribution in [3.05, 3.63) is 89.5 Å². The molecule has 33 heavy (non-hydrogen) atoms. The molecule has 4 rings (SSSR count). The molecule has 0 unspecified atom stereocenters. The maximum absolute atomic E-state index is 12.8. The summed E-state index contributed by atoms with van der Waals surface area (Å²) in [5.41, 5.74) is 5.08. The smallest absolute Gasteiger partial charge is 0.254 e. The average molecular weight is 443 g/mol. The van der Waals surface area contributed by atoms with Gasteiger partial charge < -0.3 is 14.6 Å². The van der Waals surface area contributed by atoms with E-state index in [0.717, 1.165) is 33.8 Å². The molecule has 0 fully saturated rings. The van der Waals surface area contributed by atoms with Gasteiger partial charge in [0.1, 0.15) is 11.6 Å². The van der Waals surface area contributed by atoms with Crippen LogP contribution in [0.25, 0.3) is 16.8 Å². The van der Waals surface area contributed by atoms with Gasteiger partial charge in [-0.1, -0.05) is 29.8 Å². The summed E-state index contributed by atoms with van der Waals surface area (Å²) in [5.74, 6) is 1.02. The molecule has 0 bridgehead atoms. The zero-order chi connectivity index (χ0) is 23.5. The van der Waals surface area contributed by atoms with Crippen LogP contribution in [-0.2, 0) is 11.3 Å². The molecule has 2 aromatic heterocycles. The van der Waals surface area contributed by atoms with E-state index in [2.05, 4.69) is 10.4 Å². The topological polar surface area (TPSA) is 80.4 Å². The first-order valence-electron chi connectivity index (χ1n) is 10.7. The number of nitrogens with zero attached hydrogens (tertiary/aromatic N) is 3. The molecule has 4 aromatic rings. The third-order valence-electron chi connectivity index (χ3n) is 5.37. The van der Waals surface area contributed by atoms with E-state index in [4.69, 9.17) is 4.42 Å². The Balaban J connectivity index is 1.66. The fraction of sp³-hybridized carbons (Fsp3) is 0.192. The second-order valence-corrected chi connectivity index (χ2v) is 8.06. The zero-order valence-electron chi connectivity index (χ0n) is 19.1. The highest BCUT2D eigenvalue weighted by molar-refractivity contribution is 5.95. The molecule has 0 spiro atoms. The van der Waals surface area contributed by atoms with Crippen molar-refractivity contribution in [3.63, 3.8) is 0 Å². The largest absolute Gasteiger partial charge is 0.467 e. The van der Waals surface area contributed by atoms with Gasteiger partial charge in [0.2, 0.25) is 5.91 Å². The van der Waals surface area contributed by atoms with E-state index < -0.39 is 0 Å². The molecule has 168 valence electrons. The van der Waals surface area contributed by atoms with Gasteiger partial charge in [0.05, 0.1) is 24.2 Å². The first kappa shape index (κ1) is 22.1. The lowest BCUT2D eigenvalue weighted by Crippen LogP contribution is -2.26. The number of carbonyl (C=O) groups is 2. The average Bonchev–Trinajstić information content (AvgIpc) is 3.41. The van der Waals surface area contributed by atoms with Crippen LogP contribution in [0, 0.1) is 13.8 Å². The third kappa shape index (κ3) is 4.72. The quantitative estimate of drug-likeness (QED) is 0.457. The van der Waals surface area contributed by atoms with E-state index in [9.17, 15) is 9.59 Å². The number of furan rings is 1. The van der Waals surface area contributed by atoms with Gasteiger partial charge in [0, 0.05) is 25.1 Å². The molecule has 2 heterocycles. The van der Waals surface area contributed by atoms with Crippen LogP contribution in [-0.4, -0.2) is 33.5 Å². The number of amides is 2. The Morgan fingerprint density at radius 2 is 1.73 bits per heavy atom. The second kappa shape index (κ2) is 9.16. The molecule has 0 radical (unpaired) electrons. The standard InChI is InChI=1S/C26H26N4O3/c1-17-7-9-20(10-8-17)24-18(2)28-30(25(24)27-19(3)31)22-13-11-21(12-14-22)26(32)29(4)16-23-6-5-15-33-23/h5-15H,16H2,1-4H3,(H,27,31). The van der Waals surface area contributed by atoms with Gasteiger partial charge in [-0.05, 0) is 55.8 Å². The SMILES string of the molecule is CC(=O)Nc1c(-c2ccc(C)cc2)c(C)nn1-c1ccc(C(=O)N(C)Cc2ccco2)cc1. The predicted molar refractivity (Wildman–Crippen MR) is 127 cm³/mol. The number of hydrogen-bond acceptors (Lipinski definition) is 4. The number of aryl methyl sites for hydroxylation is 2. The van der Waals surface area contributed by atoms with Crippen LogP contribution in [0.4, 0.5) is 5.82 Å². The molecule has 0 saturated heterocycles. The fourth-order valence-corrected chi connectivity index (χ4v) is 3.74.